The van der Waals surface area contributed by atoms with Crippen LogP contribution < -0.4 is 5.32 Å². The lowest BCUT2D eigenvalue weighted by atomic mass is 9.87. The highest BCUT2D eigenvalue weighted by molar-refractivity contribution is 7.91. The zero-order chi connectivity index (χ0) is 35.7. The number of halogens is 2. The first kappa shape index (κ1) is 36.6. The fraction of sp³-hybridized carbons (Fsp3) is 0.528. The normalized spacial score (nSPS) is 23.7. The number of fused-ring (bicyclic) bond motifs is 1. The Balaban J connectivity index is 1.14. The second kappa shape index (κ2) is 15.2. The number of sulfone groups is 1. The van der Waals surface area contributed by atoms with Gasteiger partial charge in [0.25, 0.3) is 5.91 Å². The maximum Gasteiger partial charge on any atom is 0.306 e. The second-order valence-electron chi connectivity index (χ2n) is 14.0. The zero-order valence-corrected chi connectivity index (χ0v) is 30.6. The molecule has 11 nitrogen and oxygen atoms in total. The summed E-state index contributed by atoms with van der Waals surface area (Å²) in [4.78, 5) is 42.8. The summed E-state index contributed by atoms with van der Waals surface area (Å²) in [5.41, 5.74) is 2.30. The molecule has 3 heterocycles. The molecule has 2 aromatic carbocycles. The summed E-state index contributed by atoms with van der Waals surface area (Å²) in [5.74, 6) is -1.57. The van der Waals surface area contributed by atoms with E-state index in [2.05, 4.69) is 10.2 Å². The average molecular weight is 748 g/mol. The van der Waals surface area contributed by atoms with Gasteiger partial charge in [-0.1, -0.05) is 41.4 Å². The van der Waals surface area contributed by atoms with E-state index in [0.29, 0.717) is 93.0 Å². The van der Waals surface area contributed by atoms with Crippen molar-refractivity contribution in [3.63, 3.8) is 0 Å². The van der Waals surface area contributed by atoms with Gasteiger partial charge in [0.1, 0.15) is 9.84 Å². The van der Waals surface area contributed by atoms with Crippen LogP contribution in [0.1, 0.15) is 60.9 Å². The Kier molecular flexibility index (Phi) is 11.1. The number of carboxylic acid groups (broad SMARTS) is 1. The summed E-state index contributed by atoms with van der Waals surface area (Å²) in [6, 6.07) is 10.7. The average Bonchev–Trinajstić information content (AvgIpc) is 3.67. The van der Waals surface area contributed by atoms with Crippen molar-refractivity contribution in [2.45, 2.75) is 74.8 Å². The van der Waals surface area contributed by atoms with Crippen molar-refractivity contribution < 1.29 is 32.6 Å². The van der Waals surface area contributed by atoms with Crippen molar-refractivity contribution in [1.82, 2.24) is 14.4 Å². The minimum absolute atomic E-state index is 0.000798. The molecular weight excluding hydrogens is 703 g/mol. The number of anilines is 1. The molecule has 0 radical (unpaired) electrons. The van der Waals surface area contributed by atoms with Gasteiger partial charge < -0.3 is 24.6 Å². The van der Waals surface area contributed by atoms with Crippen LogP contribution in [0.2, 0.25) is 10.0 Å². The molecule has 3 fully saturated rings. The van der Waals surface area contributed by atoms with Crippen LogP contribution in [-0.4, -0.2) is 102 Å². The quantitative estimate of drug-likeness (QED) is 0.281. The van der Waals surface area contributed by atoms with Gasteiger partial charge in [-0.2, -0.15) is 0 Å². The van der Waals surface area contributed by atoms with Crippen LogP contribution in [-0.2, 0) is 37.6 Å². The Labute approximate surface area is 302 Å². The number of ether oxygens (including phenoxy) is 1. The highest BCUT2D eigenvalue weighted by Crippen LogP contribution is 2.34. The number of aliphatic carboxylic acids is 1. The molecule has 6 rings (SSSR count). The van der Waals surface area contributed by atoms with Gasteiger partial charge in [-0.15, -0.1) is 0 Å². The molecule has 0 bridgehead atoms. The third-order valence-electron chi connectivity index (χ3n) is 10.7. The number of amides is 2. The number of nitrogens with zero attached hydrogens (tertiary/aromatic N) is 3. The Hall–Kier alpha value is -3.16. The first-order chi connectivity index (χ1) is 23.8. The topological polar surface area (TPSA) is 138 Å². The number of likely N-dealkylation sites (tertiary alicyclic amines) is 2. The number of carbonyl (C=O) groups is 3. The number of benzene rings is 2. The SMILES string of the molecule is Cn1cc(C(=O)Nc2cc(Cl)c(CC(=O)N3C[C@@H](N4CCC(S(C)(=O)=O)CC4)C[C@H]3COC3CCC(C(=O)O)CC3)cc2Cl)c2ccccc21. The van der Waals surface area contributed by atoms with Crippen LogP contribution in [0.3, 0.4) is 0 Å². The van der Waals surface area contributed by atoms with Crippen molar-refractivity contribution in [1.29, 1.82) is 0 Å². The van der Waals surface area contributed by atoms with Crippen molar-refractivity contribution in [2.75, 3.05) is 37.8 Å². The number of carboxylic acids is 1. The number of hydrogen-bond donors (Lipinski definition) is 2. The fourth-order valence-corrected chi connectivity index (χ4v) is 9.34. The van der Waals surface area contributed by atoms with Gasteiger partial charge in [-0.25, -0.2) is 8.42 Å². The molecular formula is C36H44Cl2N4O7S. The first-order valence-corrected chi connectivity index (χ1v) is 19.9. The summed E-state index contributed by atoms with van der Waals surface area (Å²) in [7, 11) is -1.23. The lowest BCUT2D eigenvalue weighted by Gasteiger charge is -2.35. The Morgan fingerprint density at radius 2 is 1.70 bits per heavy atom. The van der Waals surface area contributed by atoms with E-state index in [-0.39, 0.29) is 52.6 Å². The van der Waals surface area contributed by atoms with E-state index < -0.39 is 15.8 Å². The van der Waals surface area contributed by atoms with Gasteiger partial charge in [-0.05, 0) is 81.8 Å². The molecule has 2 N–H and O–H groups in total. The number of aryl methyl sites for hydroxylation is 1. The maximum absolute atomic E-state index is 14.0. The lowest BCUT2D eigenvalue weighted by Crippen LogP contribution is -2.46. The van der Waals surface area contributed by atoms with Crippen LogP contribution >= 0.6 is 23.2 Å². The standard InChI is InChI=1S/C36H44Cl2N4O7S/c1-40-20-29(28-5-3-4-6-33(28)40)35(44)39-32-18-30(37)23(15-31(32)38)16-34(43)42-19-24(41-13-11-27(12-14-41)50(2,47)48)17-25(42)21-49-26-9-7-22(8-10-26)36(45)46/h3-6,15,18,20,22,24-27H,7-14,16-17,19,21H2,1-2H3,(H,39,44)(H,45,46)/t22?,24-,25-,26?/m0/s1. The molecule has 1 aliphatic carbocycles. The largest absolute Gasteiger partial charge is 0.481 e. The minimum atomic E-state index is -3.11. The van der Waals surface area contributed by atoms with Crippen molar-refractivity contribution in [3.05, 3.63) is 63.8 Å². The van der Waals surface area contributed by atoms with Gasteiger partial charge in [-0.3, -0.25) is 19.3 Å². The Bertz CT molecular complexity index is 1870. The lowest BCUT2D eigenvalue weighted by molar-refractivity contribution is -0.144. The first-order valence-electron chi connectivity index (χ1n) is 17.2. The van der Waals surface area contributed by atoms with E-state index in [4.69, 9.17) is 27.9 Å². The third-order valence-corrected chi connectivity index (χ3v) is 13.1. The number of nitrogens with one attached hydrogen (secondary N) is 1. The van der Waals surface area contributed by atoms with E-state index >= 15 is 0 Å². The molecule has 1 saturated carbocycles. The monoisotopic (exact) mass is 746 g/mol. The van der Waals surface area contributed by atoms with Crippen LogP contribution in [0.5, 0.6) is 0 Å². The molecule has 270 valence electrons. The number of para-hydroxylation sites is 1. The molecule has 3 aliphatic rings. The summed E-state index contributed by atoms with van der Waals surface area (Å²) < 4.78 is 32.5. The van der Waals surface area contributed by atoms with Crippen LogP contribution in [0.25, 0.3) is 10.9 Å². The van der Waals surface area contributed by atoms with Gasteiger partial charge >= 0.3 is 5.97 Å². The highest BCUT2D eigenvalue weighted by Gasteiger charge is 2.40. The van der Waals surface area contributed by atoms with Gasteiger partial charge in [0, 0.05) is 48.0 Å². The molecule has 2 amide bonds. The number of hydrogen-bond acceptors (Lipinski definition) is 7. The van der Waals surface area contributed by atoms with E-state index in [1.807, 2.05) is 40.8 Å². The molecule has 3 aromatic rings. The second-order valence-corrected chi connectivity index (χ2v) is 17.2. The number of piperidine rings is 1. The molecule has 1 aromatic heterocycles. The van der Waals surface area contributed by atoms with Gasteiger partial charge in [0.15, 0.2) is 0 Å². The molecule has 50 heavy (non-hydrogen) atoms. The fourth-order valence-electron chi connectivity index (χ4n) is 7.81. The van der Waals surface area contributed by atoms with E-state index in [0.717, 1.165) is 10.9 Å². The summed E-state index contributed by atoms with van der Waals surface area (Å²) in [6.45, 7) is 2.10. The van der Waals surface area contributed by atoms with Crippen molar-refractivity contribution >= 4 is 67.4 Å². The van der Waals surface area contributed by atoms with Crippen LogP contribution in [0.4, 0.5) is 5.69 Å². The molecule has 2 atom stereocenters. The van der Waals surface area contributed by atoms with E-state index in [9.17, 15) is 27.9 Å². The van der Waals surface area contributed by atoms with E-state index in [1.54, 1.807) is 18.3 Å². The predicted octanol–water partition coefficient (Wildman–Crippen LogP) is 5.42. The number of carbonyl (C=O) groups excluding carboxylic acids is 2. The predicted molar refractivity (Wildman–Crippen MR) is 194 cm³/mol. The number of aromatic nitrogens is 1. The Morgan fingerprint density at radius 3 is 2.38 bits per heavy atom. The molecule has 14 heteroatoms. The molecule has 0 spiro atoms. The minimum Gasteiger partial charge on any atom is -0.481 e. The van der Waals surface area contributed by atoms with Crippen LogP contribution in [0.15, 0.2) is 42.6 Å². The van der Waals surface area contributed by atoms with Gasteiger partial charge in [0.05, 0.1) is 52.6 Å². The maximum atomic E-state index is 14.0. The Morgan fingerprint density at radius 1 is 1.00 bits per heavy atom. The smallest absolute Gasteiger partial charge is 0.306 e. The summed E-state index contributed by atoms with van der Waals surface area (Å²) in [6.07, 6.45) is 7.29. The molecule has 2 saturated heterocycles. The van der Waals surface area contributed by atoms with Crippen molar-refractivity contribution in [2.24, 2.45) is 13.0 Å². The molecule has 0 unspecified atom stereocenters. The van der Waals surface area contributed by atoms with Gasteiger partial charge in [0.2, 0.25) is 5.91 Å². The van der Waals surface area contributed by atoms with Crippen molar-refractivity contribution in [3.8, 4) is 0 Å². The summed E-state index contributed by atoms with van der Waals surface area (Å²) >= 11 is 13.4. The summed E-state index contributed by atoms with van der Waals surface area (Å²) in [5, 5.41) is 13.3. The highest BCUT2D eigenvalue weighted by atomic mass is 35.5. The zero-order valence-electron chi connectivity index (χ0n) is 28.3. The number of rotatable bonds is 10. The third kappa shape index (κ3) is 8.15. The molecule has 2 aliphatic heterocycles. The van der Waals surface area contributed by atoms with Crippen LogP contribution in [0, 0.1) is 5.92 Å². The van der Waals surface area contributed by atoms with E-state index in [1.165, 1.54) is 6.26 Å².